The molecule has 1 unspecified atom stereocenters. The Bertz CT molecular complexity index is 1080. The molecule has 170 valence electrons. The average Bonchev–Trinajstić information content (AvgIpc) is 3.30. The van der Waals surface area contributed by atoms with Gasteiger partial charge in [0, 0.05) is 32.3 Å². The fourth-order valence-electron chi connectivity index (χ4n) is 3.43. The number of hydrogen-bond acceptors (Lipinski definition) is 9. The van der Waals surface area contributed by atoms with Gasteiger partial charge in [-0.1, -0.05) is 5.16 Å². The fourth-order valence-corrected chi connectivity index (χ4v) is 3.43. The number of nitrogens with one attached hydrogen (secondary N) is 1. The molecule has 1 fully saturated rings. The summed E-state index contributed by atoms with van der Waals surface area (Å²) in [6.45, 7) is 2.40. The highest BCUT2D eigenvalue weighted by Gasteiger charge is 2.35. The molecule has 0 bridgehead atoms. The lowest BCUT2D eigenvalue weighted by Gasteiger charge is -2.30. The smallest absolute Gasteiger partial charge is 0.270 e. The van der Waals surface area contributed by atoms with Gasteiger partial charge in [-0.3, -0.25) is 9.59 Å². The number of nitrogens with zero attached hydrogens (tertiary/aromatic N) is 4. The van der Waals surface area contributed by atoms with E-state index in [4.69, 9.17) is 19.4 Å². The number of ether oxygens (including phenoxy) is 2. The monoisotopic (exact) mass is 443 g/mol. The van der Waals surface area contributed by atoms with Gasteiger partial charge in [0.15, 0.2) is 6.10 Å². The average molecular weight is 443 g/mol. The fraction of sp³-hybridized carbons (Fsp3) is 0.476. The number of aliphatic hydroxyl groups is 1. The van der Waals surface area contributed by atoms with E-state index in [0.717, 1.165) is 0 Å². The molecule has 0 spiro atoms. The molecular weight excluding hydrogens is 418 g/mol. The molecule has 0 aliphatic carbocycles. The number of amides is 1. The van der Waals surface area contributed by atoms with Crippen molar-refractivity contribution in [2.75, 3.05) is 19.8 Å². The van der Waals surface area contributed by atoms with E-state index in [2.05, 4.69) is 20.4 Å². The number of aryl methyl sites for hydroxylation is 2. The second kappa shape index (κ2) is 9.55. The largest absolute Gasteiger partial charge is 0.394 e. The highest BCUT2D eigenvalue weighted by Crippen LogP contribution is 2.23. The van der Waals surface area contributed by atoms with E-state index in [1.807, 2.05) is 0 Å². The molecule has 4 heterocycles. The summed E-state index contributed by atoms with van der Waals surface area (Å²) in [7, 11) is 1.66. The van der Waals surface area contributed by atoms with Gasteiger partial charge in [0.05, 0.1) is 25.5 Å². The molecule has 11 heteroatoms. The van der Waals surface area contributed by atoms with Crippen LogP contribution in [0.25, 0.3) is 0 Å². The number of rotatable bonds is 6. The molecule has 32 heavy (non-hydrogen) atoms. The van der Waals surface area contributed by atoms with Crippen LogP contribution in [0.1, 0.15) is 34.0 Å². The van der Waals surface area contributed by atoms with Gasteiger partial charge in [-0.15, -0.1) is 0 Å². The van der Waals surface area contributed by atoms with Crippen LogP contribution in [0.3, 0.4) is 0 Å². The first-order valence-corrected chi connectivity index (χ1v) is 10.3. The molecule has 0 aromatic carbocycles. The molecule has 2 aliphatic rings. The van der Waals surface area contributed by atoms with Gasteiger partial charge in [-0.05, 0) is 24.6 Å². The highest BCUT2D eigenvalue weighted by atomic mass is 16.7. The maximum Gasteiger partial charge on any atom is 0.270 e. The van der Waals surface area contributed by atoms with Gasteiger partial charge in [0.2, 0.25) is 0 Å². The van der Waals surface area contributed by atoms with Gasteiger partial charge >= 0.3 is 0 Å². The van der Waals surface area contributed by atoms with Crippen molar-refractivity contribution in [3.05, 3.63) is 57.5 Å². The van der Waals surface area contributed by atoms with Crippen LogP contribution in [0.15, 0.2) is 34.3 Å². The van der Waals surface area contributed by atoms with Gasteiger partial charge < -0.3 is 29.3 Å². The number of aromatic nitrogens is 3. The van der Waals surface area contributed by atoms with Crippen LogP contribution in [-0.2, 0) is 27.9 Å². The summed E-state index contributed by atoms with van der Waals surface area (Å²) in [4.78, 5) is 38.5. The van der Waals surface area contributed by atoms with Crippen molar-refractivity contribution in [2.45, 2.75) is 38.2 Å². The molecule has 2 aliphatic heterocycles. The predicted molar refractivity (Wildman–Crippen MR) is 112 cm³/mol. The minimum atomic E-state index is -0.382. The zero-order valence-electron chi connectivity index (χ0n) is 17.9. The first kappa shape index (κ1) is 22.1. The second-order valence-corrected chi connectivity index (χ2v) is 7.75. The lowest BCUT2D eigenvalue weighted by atomic mass is 10.0. The maximum absolute atomic E-state index is 12.6. The van der Waals surface area contributed by atoms with Crippen LogP contribution >= 0.6 is 0 Å². The highest BCUT2D eigenvalue weighted by molar-refractivity contribution is 6.02. The minimum Gasteiger partial charge on any atom is -0.394 e. The molecule has 0 radical (unpaired) electrons. The van der Waals surface area contributed by atoms with Crippen LogP contribution in [0, 0.1) is 6.92 Å². The SMILES string of the molecule is Cc1nc(C(=O)NCc2ccn(C)c(=O)c2)cc(C2=NOC([C@H]3CO[C@H](CO)CO3)C2)n1. The van der Waals surface area contributed by atoms with Crippen molar-refractivity contribution >= 4 is 11.6 Å². The molecule has 1 saturated heterocycles. The molecule has 3 atom stereocenters. The molecule has 2 N–H and O–H groups in total. The van der Waals surface area contributed by atoms with Crippen molar-refractivity contribution in [1.82, 2.24) is 19.9 Å². The first-order chi connectivity index (χ1) is 15.4. The normalized spacial score (nSPS) is 22.8. The van der Waals surface area contributed by atoms with E-state index >= 15 is 0 Å². The predicted octanol–water partition coefficient (Wildman–Crippen LogP) is -0.317. The Morgan fingerprint density at radius 3 is 2.81 bits per heavy atom. The van der Waals surface area contributed by atoms with Gasteiger partial charge in [0.1, 0.15) is 29.4 Å². The summed E-state index contributed by atoms with van der Waals surface area (Å²) in [5.74, 6) is 0.0444. The van der Waals surface area contributed by atoms with E-state index in [1.165, 1.54) is 10.6 Å². The molecule has 1 amide bonds. The topological polar surface area (TPSA) is 137 Å². The zero-order chi connectivity index (χ0) is 22.7. The number of carbonyl (C=O) groups excluding carboxylic acids is 1. The summed E-state index contributed by atoms with van der Waals surface area (Å²) >= 11 is 0. The lowest BCUT2D eigenvalue weighted by molar-refractivity contribution is -0.178. The third-order valence-corrected chi connectivity index (χ3v) is 5.29. The quantitative estimate of drug-likeness (QED) is 0.620. The van der Waals surface area contributed by atoms with E-state index in [0.29, 0.717) is 42.4 Å². The van der Waals surface area contributed by atoms with Crippen molar-refractivity contribution in [3.8, 4) is 0 Å². The number of carbonyl (C=O) groups is 1. The summed E-state index contributed by atoms with van der Waals surface area (Å²) in [6, 6.07) is 4.81. The van der Waals surface area contributed by atoms with Crippen LogP contribution in [0.4, 0.5) is 0 Å². The summed E-state index contributed by atoms with van der Waals surface area (Å²) in [6.07, 6.45) is 1.14. The second-order valence-electron chi connectivity index (χ2n) is 7.75. The van der Waals surface area contributed by atoms with Crippen LogP contribution < -0.4 is 10.9 Å². The van der Waals surface area contributed by atoms with E-state index in [-0.39, 0.29) is 48.6 Å². The molecule has 11 nitrogen and oxygen atoms in total. The molecule has 2 aromatic heterocycles. The van der Waals surface area contributed by atoms with E-state index in [1.54, 1.807) is 32.3 Å². The molecule has 0 saturated carbocycles. The lowest BCUT2D eigenvalue weighted by Crippen LogP contribution is -2.43. The van der Waals surface area contributed by atoms with Crippen molar-refractivity contribution in [3.63, 3.8) is 0 Å². The Balaban J connectivity index is 1.39. The van der Waals surface area contributed by atoms with Crippen molar-refractivity contribution in [1.29, 1.82) is 0 Å². The number of pyridine rings is 1. The van der Waals surface area contributed by atoms with Crippen molar-refractivity contribution < 1.29 is 24.2 Å². The maximum atomic E-state index is 12.6. The zero-order valence-corrected chi connectivity index (χ0v) is 17.9. The number of hydrogen-bond donors (Lipinski definition) is 2. The minimum absolute atomic E-state index is 0.0913. The standard InChI is InChI=1S/C21H25N5O6/c1-12-23-15(16-7-18(32-25-16)19-11-30-14(9-27)10-31-19)6-17(24-12)21(29)22-8-13-3-4-26(2)20(28)5-13/h3-6,14,18-19,27H,7-11H2,1-2H3,(H,22,29)/t14-,18?,19-/m1/s1. The van der Waals surface area contributed by atoms with Crippen molar-refractivity contribution in [2.24, 2.45) is 12.2 Å². The van der Waals surface area contributed by atoms with E-state index < -0.39 is 0 Å². The van der Waals surface area contributed by atoms with Crippen LogP contribution in [-0.4, -0.2) is 69.4 Å². The Hall–Kier alpha value is -3.15. The molecular formula is C21H25N5O6. The molecule has 2 aromatic rings. The Kier molecular flexibility index (Phi) is 6.58. The van der Waals surface area contributed by atoms with Crippen LogP contribution in [0.2, 0.25) is 0 Å². The third kappa shape index (κ3) is 5.01. The summed E-state index contributed by atoms with van der Waals surface area (Å²) in [5, 5.41) is 16.0. The van der Waals surface area contributed by atoms with E-state index in [9.17, 15) is 9.59 Å². The Labute approximate surface area is 184 Å². The number of aliphatic hydroxyl groups excluding tert-OH is 1. The van der Waals surface area contributed by atoms with Gasteiger partial charge in [0.25, 0.3) is 11.5 Å². The van der Waals surface area contributed by atoms with Crippen LogP contribution in [0.5, 0.6) is 0 Å². The summed E-state index contributed by atoms with van der Waals surface area (Å²) < 4.78 is 12.7. The molecule has 4 rings (SSSR count). The van der Waals surface area contributed by atoms with Gasteiger partial charge in [-0.2, -0.15) is 0 Å². The summed E-state index contributed by atoms with van der Waals surface area (Å²) in [5.41, 5.74) is 1.84. The Morgan fingerprint density at radius 1 is 1.25 bits per heavy atom. The Morgan fingerprint density at radius 2 is 2.09 bits per heavy atom. The first-order valence-electron chi connectivity index (χ1n) is 10.3. The number of oxime groups is 1. The van der Waals surface area contributed by atoms with Gasteiger partial charge in [-0.25, -0.2) is 9.97 Å². The third-order valence-electron chi connectivity index (χ3n) is 5.29.